The number of nitrogens with one attached hydrogen (secondary N) is 1. The van der Waals surface area contributed by atoms with Gasteiger partial charge in [0.2, 0.25) is 10.0 Å². The molecule has 1 aliphatic heterocycles. The number of sulfonamides is 1. The van der Waals surface area contributed by atoms with Crippen molar-refractivity contribution in [2.24, 2.45) is 0 Å². The molecule has 1 heterocycles. The molecule has 136 valence electrons. The third-order valence-electron chi connectivity index (χ3n) is 5.36. The second kappa shape index (κ2) is 6.65. The van der Waals surface area contributed by atoms with Crippen LogP contribution in [0.4, 0.5) is 0 Å². The van der Waals surface area contributed by atoms with E-state index in [0.29, 0.717) is 24.3 Å². The number of hydrogen-bond donors (Lipinski definition) is 1. The van der Waals surface area contributed by atoms with Crippen LogP contribution in [0.2, 0.25) is 0 Å². The van der Waals surface area contributed by atoms with Crippen LogP contribution in [-0.4, -0.2) is 14.5 Å². The Morgan fingerprint density at radius 1 is 1.08 bits per heavy atom. The van der Waals surface area contributed by atoms with Crippen LogP contribution in [-0.2, 0) is 27.0 Å². The summed E-state index contributed by atoms with van der Waals surface area (Å²) in [6.07, 6.45) is 6.43. The highest BCUT2D eigenvalue weighted by Crippen LogP contribution is 2.45. The largest absolute Gasteiger partial charge is 0.364 e. The van der Waals surface area contributed by atoms with Gasteiger partial charge in [-0.05, 0) is 43.0 Å². The molecule has 0 saturated heterocycles. The standard InChI is InChI=1S/C21H23NO3S/c1-16-10-12-18(13-11-16)26(23,24)22-20-9-3-2-6-14-21(20)19-8-5-4-7-17(19)15-25-21/h2,4-8,10-13,20,22H,3,9,14-15H2,1H3/t20-,21+/m0/s1. The minimum Gasteiger partial charge on any atom is -0.364 e. The SMILES string of the molecule is Cc1ccc(S(=O)(=O)N[C@H]2CCC=CC[C@]23OCc2ccccc23)cc1. The molecule has 0 aromatic heterocycles. The second-order valence-electron chi connectivity index (χ2n) is 7.08. The Kier molecular flexibility index (Phi) is 4.47. The van der Waals surface area contributed by atoms with Crippen molar-refractivity contribution in [3.05, 3.63) is 77.4 Å². The van der Waals surface area contributed by atoms with E-state index in [-0.39, 0.29) is 6.04 Å². The lowest BCUT2D eigenvalue weighted by Crippen LogP contribution is -2.50. The van der Waals surface area contributed by atoms with Gasteiger partial charge in [-0.15, -0.1) is 0 Å². The summed E-state index contributed by atoms with van der Waals surface area (Å²) in [5, 5.41) is 0. The van der Waals surface area contributed by atoms with Gasteiger partial charge in [0.25, 0.3) is 0 Å². The molecule has 4 rings (SSSR count). The monoisotopic (exact) mass is 369 g/mol. The molecule has 2 aliphatic rings. The fraction of sp³-hybridized carbons (Fsp3) is 0.333. The third kappa shape index (κ3) is 3.00. The number of benzene rings is 2. The van der Waals surface area contributed by atoms with Gasteiger partial charge in [-0.3, -0.25) is 0 Å². The molecular weight excluding hydrogens is 346 g/mol. The van der Waals surface area contributed by atoms with Crippen LogP contribution in [0, 0.1) is 6.92 Å². The van der Waals surface area contributed by atoms with Crippen molar-refractivity contribution in [3.8, 4) is 0 Å². The minimum atomic E-state index is -3.62. The van der Waals surface area contributed by atoms with Gasteiger partial charge < -0.3 is 4.74 Å². The van der Waals surface area contributed by atoms with Crippen molar-refractivity contribution in [2.75, 3.05) is 0 Å². The first-order chi connectivity index (χ1) is 12.5. The van der Waals surface area contributed by atoms with Gasteiger partial charge >= 0.3 is 0 Å². The average molecular weight is 369 g/mol. The van der Waals surface area contributed by atoms with E-state index in [0.717, 1.165) is 23.1 Å². The van der Waals surface area contributed by atoms with Gasteiger partial charge in [0.15, 0.2) is 0 Å². The van der Waals surface area contributed by atoms with E-state index in [2.05, 4.69) is 29.0 Å². The molecule has 1 N–H and O–H groups in total. The van der Waals surface area contributed by atoms with Crippen LogP contribution in [0.1, 0.15) is 36.0 Å². The molecule has 0 amide bonds. The Hall–Kier alpha value is -1.95. The number of rotatable bonds is 3. The van der Waals surface area contributed by atoms with Gasteiger partial charge in [-0.1, -0.05) is 54.1 Å². The molecule has 0 saturated carbocycles. The van der Waals surface area contributed by atoms with E-state index in [1.165, 1.54) is 0 Å². The predicted molar refractivity (Wildman–Crippen MR) is 101 cm³/mol. The van der Waals surface area contributed by atoms with Crippen molar-refractivity contribution >= 4 is 10.0 Å². The van der Waals surface area contributed by atoms with Crippen LogP contribution >= 0.6 is 0 Å². The predicted octanol–water partition coefficient (Wildman–Crippen LogP) is 3.81. The molecule has 0 unspecified atom stereocenters. The lowest BCUT2D eigenvalue weighted by atomic mass is 9.82. The van der Waals surface area contributed by atoms with Crippen molar-refractivity contribution in [3.63, 3.8) is 0 Å². The summed E-state index contributed by atoms with van der Waals surface area (Å²) in [5.74, 6) is 0. The molecule has 4 nitrogen and oxygen atoms in total. The highest BCUT2D eigenvalue weighted by Gasteiger charge is 2.47. The molecule has 26 heavy (non-hydrogen) atoms. The molecule has 0 fully saturated rings. The smallest absolute Gasteiger partial charge is 0.240 e. The van der Waals surface area contributed by atoms with E-state index in [4.69, 9.17) is 4.74 Å². The molecular formula is C21H23NO3S. The number of fused-ring (bicyclic) bond motifs is 2. The van der Waals surface area contributed by atoms with Crippen molar-refractivity contribution in [2.45, 2.75) is 49.3 Å². The average Bonchev–Trinajstić information content (AvgIpc) is 2.88. The number of ether oxygens (including phenoxy) is 1. The van der Waals surface area contributed by atoms with Gasteiger partial charge in [0, 0.05) is 6.42 Å². The molecule has 0 radical (unpaired) electrons. The molecule has 2 aromatic carbocycles. The summed E-state index contributed by atoms with van der Waals surface area (Å²) in [6.45, 7) is 2.46. The van der Waals surface area contributed by atoms with Gasteiger partial charge in [0.1, 0.15) is 5.60 Å². The van der Waals surface area contributed by atoms with E-state index in [9.17, 15) is 8.42 Å². The Bertz CT molecular complexity index is 934. The summed E-state index contributed by atoms with van der Waals surface area (Å²) < 4.78 is 35.2. The maximum atomic E-state index is 13.0. The lowest BCUT2D eigenvalue weighted by Gasteiger charge is -2.36. The molecule has 1 spiro atoms. The maximum absolute atomic E-state index is 13.0. The van der Waals surface area contributed by atoms with Crippen LogP contribution in [0.15, 0.2) is 65.6 Å². The Balaban J connectivity index is 1.71. The lowest BCUT2D eigenvalue weighted by molar-refractivity contribution is -0.0591. The number of hydrogen-bond acceptors (Lipinski definition) is 3. The quantitative estimate of drug-likeness (QED) is 0.837. The summed E-state index contributed by atoms with van der Waals surface area (Å²) in [4.78, 5) is 0.293. The zero-order chi connectivity index (χ0) is 18.2. The number of aryl methyl sites for hydroxylation is 1. The fourth-order valence-corrected chi connectivity index (χ4v) is 5.26. The van der Waals surface area contributed by atoms with Crippen LogP contribution < -0.4 is 4.72 Å². The van der Waals surface area contributed by atoms with Crippen molar-refractivity contribution in [1.29, 1.82) is 0 Å². The van der Waals surface area contributed by atoms with Gasteiger partial charge in [-0.25, -0.2) is 13.1 Å². The highest BCUT2D eigenvalue weighted by molar-refractivity contribution is 7.89. The minimum absolute atomic E-state index is 0.293. The summed E-state index contributed by atoms with van der Waals surface area (Å²) in [7, 11) is -3.62. The normalized spacial score (nSPS) is 25.2. The molecule has 5 heteroatoms. The van der Waals surface area contributed by atoms with Gasteiger partial charge in [-0.2, -0.15) is 0 Å². The first-order valence-corrected chi connectivity index (χ1v) is 10.5. The zero-order valence-corrected chi connectivity index (χ0v) is 15.6. The first kappa shape index (κ1) is 17.5. The summed E-state index contributed by atoms with van der Waals surface area (Å²) in [6, 6.07) is 14.8. The number of allylic oxidation sites excluding steroid dienone is 1. The van der Waals surface area contributed by atoms with Crippen molar-refractivity contribution < 1.29 is 13.2 Å². The summed E-state index contributed by atoms with van der Waals surface area (Å²) in [5.41, 5.74) is 2.64. The first-order valence-electron chi connectivity index (χ1n) is 8.98. The van der Waals surface area contributed by atoms with Crippen LogP contribution in [0.5, 0.6) is 0 Å². The Morgan fingerprint density at radius 3 is 2.65 bits per heavy atom. The summed E-state index contributed by atoms with van der Waals surface area (Å²) >= 11 is 0. The van der Waals surface area contributed by atoms with Crippen molar-refractivity contribution in [1.82, 2.24) is 4.72 Å². The Morgan fingerprint density at radius 2 is 1.85 bits per heavy atom. The molecule has 2 aromatic rings. The van der Waals surface area contributed by atoms with Crippen LogP contribution in [0.3, 0.4) is 0 Å². The highest BCUT2D eigenvalue weighted by atomic mass is 32.2. The topological polar surface area (TPSA) is 55.4 Å². The molecule has 2 atom stereocenters. The molecule has 1 aliphatic carbocycles. The fourth-order valence-electron chi connectivity index (χ4n) is 3.94. The Labute approximate surface area is 154 Å². The van der Waals surface area contributed by atoms with E-state index in [1.54, 1.807) is 12.1 Å². The maximum Gasteiger partial charge on any atom is 0.240 e. The van der Waals surface area contributed by atoms with Gasteiger partial charge in [0.05, 0.1) is 17.5 Å². The molecule has 0 bridgehead atoms. The third-order valence-corrected chi connectivity index (χ3v) is 6.85. The van der Waals surface area contributed by atoms with E-state index < -0.39 is 15.6 Å². The second-order valence-corrected chi connectivity index (χ2v) is 8.79. The van der Waals surface area contributed by atoms with Crippen LogP contribution in [0.25, 0.3) is 0 Å². The van der Waals surface area contributed by atoms with E-state index >= 15 is 0 Å². The van der Waals surface area contributed by atoms with E-state index in [1.807, 2.05) is 31.2 Å². The zero-order valence-electron chi connectivity index (χ0n) is 14.8.